The van der Waals surface area contributed by atoms with Crippen molar-refractivity contribution in [3.63, 3.8) is 0 Å². The van der Waals surface area contributed by atoms with Crippen molar-refractivity contribution in [1.29, 1.82) is 0 Å². The largest absolute Gasteiger partial charge is 0.461 e. The minimum atomic E-state index is -0.755. The van der Waals surface area contributed by atoms with Gasteiger partial charge < -0.3 is 9.47 Å². The van der Waals surface area contributed by atoms with Crippen LogP contribution in [-0.4, -0.2) is 39.0 Å². The molecule has 0 aliphatic rings. The van der Waals surface area contributed by atoms with Gasteiger partial charge in [0.1, 0.15) is 5.60 Å². The molecule has 0 amide bonds. The van der Waals surface area contributed by atoms with Crippen molar-refractivity contribution < 1.29 is 24.0 Å². The van der Waals surface area contributed by atoms with Gasteiger partial charge in [0.25, 0.3) is 5.69 Å². The number of non-ortho nitro benzene ring substituents is 1. The molecule has 1 heterocycles. The highest BCUT2D eigenvalue weighted by molar-refractivity contribution is 6.05. The van der Waals surface area contributed by atoms with Crippen LogP contribution in [0.3, 0.4) is 0 Å². The number of fused-ring (bicyclic) bond motifs is 1. The zero-order valence-electron chi connectivity index (χ0n) is 17.0. The van der Waals surface area contributed by atoms with E-state index in [0.29, 0.717) is 22.0 Å². The van der Waals surface area contributed by atoms with Crippen LogP contribution in [0.25, 0.3) is 22.0 Å². The molecule has 0 saturated carbocycles. The van der Waals surface area contributed by atoms with Crippen LogP contribution in [-0.2, 0) is 9.47 Å². The molecule has 1 aromatic heterocycles. The molecule has 3 aromatic rings. The molecule has 9 nitrogen and oxygen atoms in total. The van der Waals surface area contributed by atoms with Crippen LogP contribution in [0, 0.1) is 10.1 Å². The van der Waals surface area contributed by atoms with Gasteiger partial charge in [-0.15, -0.1) is 0 Å². The number of rotatable bonds is 4. The zero-order valence-corrected chi connectivity index (χ0v) is 17.0. The van der Waals surface area contributed by atoms with Gasteiger partial charge in [0.05, 0.1) is 17.0 Å². The van der Waals surface area contributed by atoms with Crippen molar-refractivity contribution in [3.05, 3.63) is 58.3 Å². The molecule has 9 heteroatoms. The Morgan fingerprint density at radius 3 is 2.30 bits per heavy atom. The van der Waals surface area contributed by atoms with Crippen LogP contribution in [0.15, 0.2) is 42.5 Å². The second-order valence-electron chi connectivity index (χ2n) is 7.50. The predicted octanol–water partition coefficient (Wildman–Crippen LogP) is 4.57. The fourth-order valence-corrected chi connectivity index (χ4v) is 2.86. The lowest BCUT2D eigenvalue weighted by Gasteiger charge is -2.19. The number of carbonyl (C=O) groups is 2. The molecule has 3 rings (SSSR count). The van der Waals surface area contributed by atoms with Crippen molar-refractivity contribution in [2.24, 2.45) is 0 Å². The van der Waals surface area contributed by atoms with Gasteiger partial charge in [-0.2, -0.15) is 9.78 Å². The maximum absolute atomic E-state index is 12.7. The molecule has 0 fully saturated rings. The first-order chi connectivity index (χ1) is 14.1. The standard InChI is InChI=1S/C21H21N3O6/c1-5-29-19(25)18-16-11-8-14(13-6-9-15(10-7-13)24(27)28)12-17(16)23(22-18)20(26)30-21(2,3)4/h6-12H,5H2,1-4H3. The fourth-order valence-electron chi connectivity index (χ4n) is 2.86. The first-order valence-corrected chi connectivity index (χ1v) is 9.29. The maximum Gasteiger partial charge on any atom is 0.435 e. The molecule has 0 aliphatic heterocycles. The van der Waals surface area contributed by atoms with Gasteiger partial charge in [0, 0.05) is 17.5 Å². The van der Waals surface area contributed by atoms with E-state index in [1.807, 2.05) is 0 Å². The van der Waals surface area contributed by atoms with Gasteiger partial charge in [0.15, 0.2) is 5.69 Å². The summed E-state index contributed by atoms with van der Waals surface area (Å²) in [6.07, 6.45) is -0.733. The fraction of sp³-hybridized carbons (Fsp3) is 0.286. The van der Waals surface area contributed by atoms with Crippen LogP contribution in [0.1, 0.15) is 38.2 Å². The highest BCUT2D eigenvalue weighted by Crippen LogP contribution is 2.28. The van der Waals surface area contributed by atoms with Crippen molar-refractivity contribution in [2.75, 3.05) is 6.61 Å². The first kappa shape index (κ1) is 21.0. The highest BCUT2D eigenvalue weighted by Gasteiger charge is 2.25. The maximum atomic E-state index is 12.7. The summed E-state index contributed by atoms with van der Waals surface area (Å²) in [5.74, 6) is -0.645. The highest BCUT2D eigenvalue weighted by atomic mass is 16.6. The summed E-state index contributed by atoms with van der Waals surface area (Å²) in [7, 11) is 0. The molecule has 2 aromatic carbocycles. The topological polar surface area (TPSA) is 114 Å². The molecule has 0 atom stereocenters. The van der Waals surface area contributed by atoms with E-state index in [1.54, 1.807) is 58.0 Å². The van der Waals surface area contributed by atoms with Gasteiger partial charge in [-0.3, -0.25) is 10.1 Å². The van der Waals surface area contributed by atoms with Crippen LogP contribution in [0.2, 0.25) is 0 Å². The first-order valence-electron chi connectivity index (χ1n) is 9.29. The van der Waals surface area contributed by atoms with E-state index in [0.717, 1.165) is 4.68 Å². The summed E-state index contributed by atoms with van der Waals surface area (Å²) in [6, 6.07) is 11.1. The summed E-state index contributed by atoms with van der Waals surface area (Å²) in [5.41, 5.74) is 0.990. The summed E-state index contributed by atoms with van der Waals surface area (Å²) in [6.45, 7) is 7.03. The molecule has 0 bridgehead atoms. The normalized spacial score (nSPS) is 11.3. The zero-order chi connectivity index (χ0) is 22.1. The molecule has 0 spiro atoms. The number of carbonyl (C=O) groups excluding carboxylic acids is 2. The van der Waals surface area contributed by atoms with Gasteiger partial charge in [0.2, 0.25) is 0 Å². The molecular formula is C21H21N3O6. The van der Waals surface area contributed by atoms with E-state index < -0.39 is 22.6 Å². The van der Waals surface area contributed by atoms with E-state index >= 15 is 0 Å². The lowest BCUT2D eigenvalue weighted by atomic mass is 10.0. The molecule has 30 heavy (non-hydrogen) atoms. The summed E-state index contributed by atoms with van der Waals surface area (Å²) < 4.78 is 11.5. The number of benzene rings is 2. The third-order valence-electron chi connectivity index (χ3n) is 4.13. The minimum Gasteiger partial charge on any atom is -0.461 e. The van der Waals surface area contributed by atoms with Gasteiger partial charge in [-0.05, 0) is 63.1 Å². The third-order valence-corrected chi connectivity index (χ3v) is 4.13. The molecule has 156 valence electrons. The Kier molecular flexibility index (Phi) is 5.55. The molecule has 0 radical (unpaired) electrons. The SMILES string of the molecule is CCOC(=O)c1nn(C(=O)OC(C)(C)C)c2cc(-c3ccc([N+](=O)[O-])cc3)ccc12. The second kappa shape index (κ2) is 7.94. The van der Waals surface area contributed by atoms with Crippen molar-refractivity contribution in [3.8, 4) is 11.1 Å². The van der Waals surface area contributed by atoms with Gasteiger partial charge in [-0.1, -0.05) is 6.07 Å². The number of nitro groups is 1. The Morgan fingerprint density at radius 2 is 1.73 bits per heavy atom. The average molecular weight is 411 g/mol. The van der Waals surface area contributed by atoms with Crippen molar-refractivity contribution in [2.45, 2.75) is 33.3 Å². The number of hydrogen-bond acceptors (Lipinski definition) is 7. The molecule has 0 unspecified atom stereocenters. The molecule has 0 saturated heterocycles. The smallest absolute Gasteiger partial charge is 0.435 e. The number of ether oxygens (including phenoxy) is 2. The Hall–Kier alpha value is -3.75. The lowest BCUT2D eigenvalue weighted by Crippen LogP contribution is -2.28. The molecular weight excluding hydrogens is 390 g/mol. The minimum absolute atomic E-state index is 0.00737. The summed E-state index contributed by atoms with van der Waals surface area (Å²) in [4.78, 5) is 35.4. The Bertz CT molecular complexity index is 1130. The number of hydrogen-bond donors (Lipinski definition) is 0. The Labute approximate surface area is 172 Å². The van der Waals surface area contributed by atoms with Crippen molar-refractivity contribution in [1.82, 2.24) is 9.78 Å². The quantitative estimate of drug-likeness (QED) is 0.351. The van der Waals surface area contributed by atoms with E-state index in [-0.39, 0.29) is 18.0 Å². The van der Waals surface area contributed by atoms with Crippen molar-refractivity contribution >= 4 is 28.7 Å². The van der Waals surface area contributed by atoms with Crippen LogP contribution < -0.4 is 0 Å². The number of aromatic nitrogens is 2. The summed E-state index contributed by atoms with van der Waals surface area (Å²) >= 11 is 0. The van der Waals surface area contributed by atoms with Crippen LogP contribution >= 0.6 is 0 Å². The molecule has 0 aliphatic carbocycles. The second-order valence-corrected chi connectivity index (χ2v) is 7.50. The lowest BCUT2D eigenvalue weighted by molar-refractivity contribution is -0.384. The van der Waals surface area contributed by atoms with Gasteiger partial charge in [-0.25, -0.2) is 9.59 Å². The van der Waals surface area contributed by atoms with Crippen LogP contribution in [0.5, 0.6) is 0 Å². The number of esters is 1. The number of nitro benzene ring substituents is 1. The monoisotopic (exact) mass is 411 g/mol. The third kappa shape index (κ3) is 4.29. The van der Waals surface area contributed by atoms with Crippen LogP contribution in [0.4, 0.5) is 10.5 Å². The van der Waals surface area contributed by atoms with E-state index in [4.69, 9.17) is 9.47 Å². The van der Waals surface area contributed by atoms with E-state index in [9.17, 15) is 19.7 Å². The molecule has 0 N–H and O–H groups in total. The average Bonchev–Trinajstić information content (AvgIpc) is 3.06. The van der Waals surface area contributed by atoms with E-state index in [2.05, 4.69) is 5.10 Å². The predicted molar refractivity (Wildman–Crippen MR) is 109 cm³/mol. The van der Waals surface area contributed by atoms with Gasteiger partial charge >= 0.3 is 12.1 Å². The summed E-state index contributed by atoms with van der Waals surface area (Å²) in [5, 5.41) is 15.5. The van der Waals surface area contributed by atoms with E-state index in [1.165, 1.54) is 12.1 Å². The number of nitrogens with zero attached hydrogens (tertiary/aromatic N) is 3. The Balaban J connectivity index is 2.13. The Morgan fingerprint density at radius 1 is 1.10 bits per heavy atom.